The van der Waals surface area contributed by atoms with E-state index in [1.807, 2.05) is 6.92 Å². The lowest BCUT2D eigenvalue weighted by atomic mass is 10.1. The van der Waals surface area contributed by atoms with Gasteiger partial charge in [0, 0.05) is 19.4 Å². The lowest BCUT2D eigenvalue weighted by Gasteiger charge is -2.20. The Kier molecular flexibility index (Phi) is 6.78. The van der Waals surface area contributed by atoms with Crippen LogP contribution < -0.4 is 16.1 Å². The fraction of sp³-hybridized carbons (Fsp3) is 0.625. The molecule has 11 nitrogen and oxygen atoms in total. The molecule has 1 aliphatic rings. The number of aromatic nitrogens is 4. The number of hydrogen-bond acceptors (Lipinski definition) is 10. The minimum Gasteiger partial charge on any atom is -0.468 e. The Morgan fingerprint density at radius 1 is 1.60 bits per heavy atom. The Morgan fingerprint density at radius 3 is 3.00 bits per heavy atom. The zero-order valence-corrected chi connectivity index (χ0v) is 18.7. The first-order valence-corrected chi connectivity index (χ1v) is 11.4. The third kappa shape index (κ3) is 4.65. The summed E-state index contributed by atoms with van der Waals surface area (Å²) in [7, 11) is 1.30. The zero-order valence-electron chi connectivity index (χ0n) is 17.0. The summed E-state index contributed by atoms with van der Waals surface area (Å²) in [6, 6.07) is -0.658. The van der Waals surface area contributed by atoms with Crippen LogP contribution in [-0.4, -0.2) is 58.1 Å². The predicted molar refractivity (Wildman–Crippen MR) is 112 cm³/mol. The Morgan fingerprint density at radius 2 is 2.33 bits per heavy atom. The van der Waals surface area contributed by atoms with Crippen molar-refractivity contribution in [1.82, 2.24) is 24.6 Å². The summed E-state index contributed by atoms with van der Waals surface area (Å²) in [5, 5.41) is 5.68. The molecule has 3 rings (SSSR count). The normalized spacial score (nSPS) is 25.3. The van der Waals surface area contributed by atoms with Crippen LogP contribution in [0, 0.1) is 5.92 Å². The number of nitrogens with one attached hydrogen (secondary N) is 2. The first-order chi connectivity index (χ1) is 14.2. The molecule has 1 unspecified atom stereocenters. The van der Waals surface area contributed by atoms with Crippen LogP contribution in [0.4, 0.5) is 16.2 Å². The number of anilines is 2. The van der Waals surface area contributed by atoms with Crippen LogP contribution >= 0.6 is 7.07 Å². The van der Waals surface area contributed by atoms with E-state index >= 15 is 4.39 Å². The summed E-state index contributed by atoms with van der Waals surface area (Å²) in [4.78, 5) is 24.1. The lowest BCUT2D eigenvalue weighted by molar-refractivity contribution is -0.171. The van der Waals surface area contributed by atoms with Gasteiger partial charge in [-0.3, -0.25) is 9.36 Å². The molecular formula is C16H24FN7O4PS+. The van der Waals surface area contributed by atoms with Gasteiger partial charge < -0.3 is 20.5 Å². The minimum atomic E-state index is -2.05. The van der Waals surface area contributed by atoms with Gasteiger partial charge in [0.1, 0.15) is 12.3 Å². The number of nitrogens with two attached hydrogens (primary N) is 1. The van der Waals surface area contributed by atoms with E-state index in [4.69, 9.17) is 26.8 Å². The van der Waals surface area contributed by atoms with Crippen molar-refractivity contribution in [3.05, 3.63) is 6.33 Å². The molecular weight excluding hydrogens is 436 g/mol. The SMILES string of the molecule is CNc1nc(N)nc2c1ncn2[C@@H]1O[C@](F)(CO[P+](=S)N[C@@H](C)C(=O)OC)C[C@@H]1C. The molecule has 2 aromatic rings. The fourth-order valence-corrected chi connectivity index (χ4v) is 4.70. The maximum absolute atomic E-state index is 15.3. The van der Waals surface area contributed by atoms with Crippen LogP contribution in [0.25, 0.3) is 11.2 Å². The second kappa shape index (κ2) is 8.98. The van der Waals surface area contributed by atoms with Gasteiger partial charge in [-0.15, -0.1) is 4.52 Å². The minimum absolute atomic E-state index is 0.0663. The van der Waals surface area contributed by atoms with Gasteiger partial charge in [0.2, 0.25) is 23.6 Å². The highest BCUT2D eigenvalue weighted by atomic mass is 32.4. The molecule has 14 heteroatoms. The second-order valence-corrected chi connectivity index (χ2v) is 9.01. The number of rotatable bonds is 8. The molecule has 5 atom stereocenters. The highest BCUT2D eigenvalue weighted by Crippen LogP contribution is 2.44. The molecule has 4 N–H and O–H groups in total. The molecule has 0 amide bonds. The third-order valence-corrected chi connectivity index (χ3v) is 6.24. The predicted octanol–water partition coefficient (Wildman–Crippen LogP) is 1.61. The van der Waals surface area contributed by atoms with Gasteiger partial charge in [-0.2, -0.15) is 9.97 Å². The number of esters is 1. The van der Waals surface area contributed by atoms with Crippen molar-refractivity contribution in [3.8, 4) is 0 Å². The molecule has 0 spiro atoms. The van der Waals surface area contributed by atoms with Gasteiger partial charge in [0.15, 0.2) is 23.6 Å². The van der Waals surface area contributed by atoms with Crippen LogP contribution in [0.2, 0.25) is 0 Å². The number of nitrogens with zero attached hydrogens (tertiary/aromatic N) is 4. The van der Waals surface area contributed by atoms with E-state index in [1.54, 1.807) is 18.5 Å². The molecule has 1 saturated heterocycles. The number of fused-ring (bicyclic) bond motifs is 1. The summed E-state index contributed by atoms with van der Waals surface area (Å²) < 4.78 is 32.7. The Hall–Kier alpha value is -2.05. The molecule has 30 heavy (non-hydrogen) atoms. The number of ether oxygens (including phenoxy) is 2. The number of nitrogen functional groups attached to an aromatic ring is 1. The first kappa shape index (κ1) is 22.6. The number of hydrogen-bond donors (Lipinski definition) is 3. The second-order valence-electron chi connectivity index (χ2n) is 6.98. The van der Waals surface area contributed by atoms with E-state index in [1.165, 1.54) is 13.4 Å². The molecule has 0 bridgehead atoms. The molecule has 0 aromatic carbocycles. The van der Waals surface area contributed by atoms with E-state index in [-0.39, 0.29) is 24.9 Å². The number of imidazole rings is 1. The van der Waals surface area contributed by atoms with Gasteiger partial charge in [0.25, 0.3) is 0 Å². The van der Waals surface area contributed by atoms with Crippen LogP contribution in [0.15, 0.2) is 6.33 Å². The van der Waals surface area contributed by atoms with Crippen molar-refractivity contribution < 1.29 is 23.2 Å². The van der Waals surface area contributed by atoms with E-state index in [0.29, 0.717) is 17.0 Å². The van der Waals surface area contributed by atoms with Crippen molar-refractivity contribution in [2.24, 2.45) is 5.92 Å². The first-order valence-electron chi connectivity index (χ1n) is 9.16. The maximum Gasteiger partial charge on any atom is 0.440 e. The fourth-order valence-electron chi connectivity index (χ4n) is 3.26. The van der Waals surface area contributed by atoms with E-state index in [9.17, 15) is 4.79 Å². The molecule has 3 heterocycles. The monoisotopic (exact) mass is 460 g/mol. The average molecular weight is 460 g/mol. The van der Waals surface area contributed by atoms with Gasteiger partial charge in [-0.1, -0.05) is 12.0 Å². The van der Waals surface area contributed by atoms with Crippen LogP contribution in [0.1, 0.15) is 26.5 Å². The lowest BCUT2D eigenvalue weighted by Crippen LogP contribution is -2.32. The highest BCUT2D eigenvalue weighted by Gasteiger charge is 2.48. The van der Waals surface area contributed by atoms with Crippen LogP contribution in [-0.2, 0) is 30.6 Å². The Balaban J connectivity index is 1.71. The number of methoxy groups -OCH3 is 1. The summed E-state index contributed by atoms with van der Waals surface area (Å²) >= 11 is 5.16. The van der Waals surface area contributed by atoms with Crippen LogP contribution in [0.3, 0.4) is 0 Å². The van der Waals surface area contributed by atoms with E-state index < -0.39 is 31.2 Å². The average Bonchev–Trinajstić information content (AvgIpc) is 3.25. The summed E-state index contributed by atoms with van der Waals surface area (Å²) in [5.74, 6) is -2.20. The van der Waals surface area contributed by atoms with E-state index in [2.05, 4.69) is 30.1 Å². The zero-order chi connectivity index (χ0) is 22.1. The van der Waals surface area contributed by atoms with Gasteiger partial charge >= 0.3 is 13.0 Å². The molecule has 0 radical (unpaired) electrons. The van der Waals surface area contributed by atoms with Gasteiger partial charge in [0.05, 0.1) is 13.4 Å². The molecule has 1 aliphatic heterocycles. The highest BCUT2D eigenvalue weighted by molar-refractivity contribution is 8.02. The molecule has 2 aromatic heterocycles. The van der Waals surface area contributed by atoms with Crippen LogP contribution in [0.5, 0.6) is 0 Å². The molecule has 1 fully saturated rings. The van der Waals surface area contributed by atoms with Crippen molar-refractivity contribution in [3.63, 3.8) is 0 Å². The van der Waals surface area contributed by atoms with Crippen molar-refractivity contribution >= 4 is 47.8 Å². The van der Waals surface area contributed by atoms with Gasteiger partial charge in [-0.25, -0.2) is 9.37 Å². The third-order valence-electron chi connectivity index (χ3n) is 4.65. The Labute approximate surface area is 178 Å². The van der Waals surface area contributed by atoms with E-state index in [0.717, 1.165) is 0 Å². The quantitative estimate of drug-likeness (QED) is 0.391. The summed E-state index contributed by atoms with van der Waals surface area (Å²) in [6.45, 7) is 3.06. The number of alkyl halides is 1. The smallest absolute Gasteiger partial charge is 0.440 e. The summed E-state index contributed by atoms with van der Waals surface area (Å²) in [6.07, 6.45) is 0.940. The molecule has 0 aliphatic carbocycles. The topological polar surface area (TPSA) is 138 Å². The van der Waals surface area contributed by atoms with Crippen molar-refractivity contribution in [2.45, 2.75) is 38.4 Å². The largest absolute Gasteiger partial charge is 0.468 e. The number of halogens is 1. The Bertz CT molecular complexity index is 963. The van der Waals surface area contributed by atoms with Gasteiger partial charge in [-0.05, 0) is 6.92 Å². The maximum atomic E-state index is 15.3. The molecule has 0 saturated carbocycles. The molecule has 164 valence electrons. The standard InChI is InChI=1S/C16H24FN7O4PS/c1-8-5-16(17,6-27-29(30)23-9(2)14(25)26-4)28-13(8)24-7-20-10-11(19-3)21-15(18)22-12(10)24/h7-9,13H,5-6H2,1-4H3,(H,23,30)(H3,18,19,21,22)/q+1/t8-,9-,13+,16-/m0/s1. The number of carbonyl (C=O) groups excluding carboxylic acids is 1. The summed E-state index contributed by atoms with van der Waals surface area (Å²) in [5.41, 5.74) is 6.72. The number of carbonyl (C=O) groups is 1. The van der Waals surface area contributed by atoms with Crippen molar-refractivity contribution in [1.29, 1.82) is 0 Å². The van der Waals surface area contributed by atoms with Crippen molar-refractivity contribution in [2.75, 3.05) is 31.8 Å².